The molecule has 1 fully saturated rings. The third-order valence-corrected chi connectivity index (χ3v) is 4.62. The first-order chi connectivity index (χ1) is 13.1. The number of aromatic amines is 1. The molecule has 0 aliphatic carbocycles. The number of nitrogens with one attached hydrogen (secondary N) is 2. The molecule has 0 radical (unpaired) electrons. The fourth-order valence-electron chi connectivity index (χ4n) is 3.16. The van der Waals surface area contributed by atoms with Crippen LogP contribution in [0.5, 0.6) is 0 Å². The number of nitrogens with zero attached hydrogens (tertiary/aromatic N) is 3. The van der Waals surface area contributed by atoms with Crippen molar-refractivity contribution in [2.75, 3.05) is 36.4 Å². The first-order valence-electron chi connectivity index (χ1n) is 8.65. The van der Waals surface area contributed by atoms with Gasteiger partial charge in [0.2, 0.25) is 5.43 Å². The Balaban J connectivity index is 1.45. The number of fused-ring (bicyclic) bond motifs is 1. The first kappa shape index (κ1) is 17.0. The molecule has 1 aromatic carbocycles. The molecule has 8 heteroatoms. The first-order valence-corrected chi connectivity index (χ1v) is 8.65. The van der Waals surface area contributed by atoms with Gasteiger partial charge in [0.15, 0.2) is 0 Å². The summed E-state index contributed by atoms with van der Waals surface area (Å²) in [5, 5.41) is 2.83. The molecule has 2 N–H and O–H groups in total. The van der Waals surface area contributed by atoms with E-state index in [4.69, 9.17) is 0 Å². The van der Waals surface area contributed by atoms with Crippen molar-refractivity contribution >= 4 is 28.4 Å². The lowest BCUT2D eigenvalue weighted by Crippen LogP contribution is -2.50. The number of pyridine rings is 2. The molecule has 2 amide bonds. The summed E-state index contributed by atoms with van der Waals surface area (Å²) in [6.07, 6.45) is 3.17. The molecule has 4 rings (SSSR count). The van der Waals surface area contributed by atoms with Crippen LogP contribution in [0.1, 0.15) is 0 Å². The molecule has 0 bridgehead atoms. The Labute approximate surface area is 154 Å². The van der Waals surface area contributed by atoms with Crippen LogP contribution in [0.15, 0.2) is 53.6 Å². The number of anilines is 2. The Morgan fingerprint density at radius 2 is 1.96 bits per heavy atom. The minimum absolute atomic E-state index is 0.102. The highest BCUT2D eigenvalue weighted by Crippen LogP contribution is 2.15. The molecule has 1 saturated heterocycles. The predicted octanol–water partition coefficient (Wildman–Crippen LogP) is 2.42. The highest BCUT2D eigenvalue weighted by atomic mass is 19.1. The van der Waals surface area contributed by atoms with E-state index in [0.29, 0.717) is 31.7 Å². The van der Waals surface area contributed by atoms with Gasteiger partial charge in [-0.1, -0.05) is 6.07 Å². The number of carbonyl (C=O) groups excluding carboxylic acids is 1. The fourth-order valence-corrected chi connectivity index (χ4v) is 3.16. The summed E-state index contributed by atoms with van der Waals surface area (Å²) in [7, 11) is 0. The SMILES string of the molecule is O=C(Nc1c[nH]c2ccc(F)cc2c1=O)N1CCN(c2ccccn2)CC1. The van der Waals surface area contributed by atoms with Crippen LogP contribution in [0.4, 0.5) is 20.7 Å². The zero-order chi connectivity index (χ0) is 18.8. The number of benzene rings is 1. The number of amides is 2. The molecule has 3 heterocycles. The van der Waals surface area contributed by atoms with Crippen molar-refractivity contribution in [3.8, 4) is 0 Å². The van der Waals surface area contributed by atoms with E-state index in [2.05, 4.69) is 20.2 Å². The van der Waals surface area contributed by atoms with Gasteiger partial charge in [0.25, 0.3) is 0 Å². The van der Waals surface area contributed by atoms with Crippen LogP contribution in [-0.4, -0.2) is 47.1 Å². The smallest absolute Gasteiger partial charge is 0.322 e. The van der Waals surface area contributed by atoms with Gasteiger partial charge >= 0.3 is 6.03 Å². The largest absolute Gasteiger partial charge is 0.359 e. The molecule has 3 aromatic rings. The summed E-state index contributed by atoms with van der Waals surface area (Å²) in [5.74, 6) is 0.382. The topological polar surface area (TPSA) is 81.3 Å². The summed E-state index contributed by atoms with van der Waals surface area (Å²) in [6, 6.07) is 9.30. The van der Waals surface area contributed by atoms with E-state index in [1.807, 2.05) is 18.2 Å². The molecule has 0 atom stereocenters. The van der Waals surface area contributed by atoms with Gasteiger partial charge in [-0.2, -0.15) is 0 Å². The molecule has 27 heavy (non-hydrogen) atoms. The maximum absolute atomic E-state index is 13.4. The van der Waals surface area contributed by atoms with Gasteiger partial charge in [0.05, 0.1) is 5.39 Å². The second-order valence-corrected chi connectivity index (χ2v) is 6.31. The van der Waals surface area contributed by atoms with Gasteiger partial charge in [-0.05, 0) is 30.3 Å². The predicted molar refractivity (Wildman–Crippen MR) is 102 cm³/mol. The van der Waals surface area contributed by atoms with Crippen LogP contribution < -0.4 is 15.6 Å². The number of urea groups is 1. The van der Waals surface area contributed by atoms with Gasteiger partial charge in [0, 0.05) is 44.1 Å². The number of halogens is 1. The Hall–Kier alpha value is -3.42. The van der Waals surface area contributed by atoms with Crippen LogP contribution in [-0.2, 0) is 0 Å². The lowest BCUT2D eigenvalue weighted by atomic mass is 10.2. The Morgan fingerprint density at radius 1 is 1.15 bits per heavy atom. The molecule has 0 spiro atoms. The van der Waals surface area contributed by atoms with E-state index < -0.39 is 11.2 Å². The standard InChI is InChI=1S/C19H18FN5O2/c20-13-4-5-15-14(11-13)18(26)16(12-22-15)23-19(27)25-9-7-24(8-10-25)17-3-1-2-6-21-17/h1-6,11-12H,7-10H2,(H,22,26)(H,23,27). The second kappa shape index (κ2) is 7.06. The van der Waals surface area contributed by atoms with Crippen molar-refractivity contribution in [2.24, 2.45) is 0 Å². The zero-order valence-electron chi connectivity index (χ0n) is 14.5. The lowest BCUT2D eigenvalue weighted by Gasteiger charge is -2.35. The monoisotopic (exact) mass is 367 g/mol. The third kappa shape index (κ3) is 3.46. The lowest BCUT2D eigenvalue weighted by molar-refractivity contribution is 0.208. The van der Waals surface area contributed by atoms with Gasteiger partial charge in [-0.3, -0.25) is 4.79 Å². The van der Waals surface area contributed by atoms with E-state index in [1.54, 1.807) is 11.1 Å². The number of piperazine rings is 1. The average Bonchev–Trinajstić information content (AvgIpc) is 2.71. The molecule has 0 unspecified atom stereocenters. The van der Waals surface area contributed by atoms with Gasteiger partial charge < -0.3 is 20.1 Å². The molecular formula is C19H18FN5O2. The molecular weight excluding hydrogens is 349 g/mol. The Morgan fingerprint density at radius 3 is 2.70 bits per heavy atom. The normalized spacial score (nSPS) is 14.4. The number of aromatic nitrogens is 2. The summed E-state index contributed by atoms with van der Waals surface area (Å²) >= 11 is 0. The van der Waals surface area contributed by atoms with E-state index in [9.17, 15) is 14.0 Å². The average molecular weight is 367 g/mol. The van der Waals surface area contributed by atoms with Gasteiger partial charge in [-0.15, -0.1) is 0 Å². The fraction of sp³-hybridized carbons (Fsp3) is 0.211. The van der Waals surface area contributed by atoms with Crippen molar-refractivity contribution in [2.45, 2.75) is 0 Å². The minimum Gasteiger partial charge on any atom is -0.359 e. The van der Waals surface area contributed by atoms with Crippen LogP contribution in [0.2, 0.25) is 0 Å². The highest BCUT2D eigenvalue weighted by Gasteiger charge is 2.22. The quantitative estimate of drug-likeness (QED) is 0.729. The summed E-state index contributed by atoms with van der Waals surface area (Å²) in [5.41, 5.74) is 0.206. The maximum Gasteiger partial charge on any atom is 0.322 e. The minimum atomic E-state index is -0.498. The van der Waals surface area contributed by atoms with Crippen molar-refractivity contribution in [3.63, 3.8) is 0 Å². The van der Waals surface area contributed by atoms with Crippen molar-refractivity contribution in [1.29, 1.82) is 0 Å². The number of hydrogen-bond donors (Lipinski definition) is 2. The maximum atomic E-state index is 13.4. The Kier molecular flexibility index (Phi) is 4.45. The van der Waals surface area contributed by atoms with Gasteiger partial charge in [-0.25, -0.2) is 14.2 Å². The molecule has 2 aromatic heterocycles. The molecule has 1 aliphatic rings. The van der Waals surface area contributed by atoms with E-state index in [-0.39, 0.29) is 17.1 Å². The Bertz CT molecular complexity index is 1030. The van der Waals surface area contributed by atoms with Crippen LogP contribution in [0.3, 0.4) is 0 Å². The summed E-state index contributed by atoms with van der Waals surface area (Å²) < 4.78 is 13.4. The van der Waals surface area contributed by atoms with Crippen molar-refractivity contribution < 1.29 is 9.18 Å². The van der Waals surface area contributed by atoms with Crippen LogP contribution in [0, 0.1) is 5.82 Å². The molecule has 138 valence electrons. The number of carbonyl (C=O) groups is 1. The number of hydrogen-bond acceptors (Lipinski definition) is 4. The molecule has 1 aliphatic heterocycles. The molecule has 7 nitrogen and oxygen atoms in total. The number of rotatable bonds is 2. The third-order valence-electron chi connectivity index (χ3n) is 4.62. The summed E-state index contributed by atoms with van der Waals surface area (Å²) in [4.78, 5) is 36.0. The van der Waals surface area contributed by atoms with Crippen LogP contribution in [0.25, 0.3) is 10.9 Å². The van der Waals surface area contributed by atoms with Crippen molar-refractivity contribution in [3.05, 3.63) is 64.8 Å². The molecule has 0 saturated carbocycles. The van der Waals surface area contributed by atoms with Crippen LogP contribution >= 0.6 is 0 Å². The van der Waals surface area contributed by atoms with Gasteiger partial charge in [0.1, 0.15) is 17.3 Å². The van der Waals surface area contributed by atoms with Crippen molar-refractivity contribution in [1.82, 2.24) is 14.9 Å². The number of H-pyrrole nitrogens is 1. The van der Waals surface area contributed by atoms with E-state index >= 15 is 0 Å². The highest BCUT2D eigenvalue weighted by molar-refractivity contribution is 5.92. The van der Waals surface area contributed by atoms with E-state index in [1.165, 1.54) is 18.3 Å². The zero-order valence-corrected chi connectivity index (χ0v) is 14.5. The summed E-state index contributed by atoms with van der Waals surface area (Å²) in [6.45, 7) is 2.35. The van der Waals surface area contributed by atoms with E-state index in [0.717, 1.165) is 11.9 Å². The second-order valence-electron chi connectivity index (χ2n) is 6.31.